The van der Waals surface area contributed by atoms with Crippen molar-refractivity contribution in [3.63, 3.8) is 0 Å². The molecule has 1 saturated heterocycles. The molecule has 3 unspecified atom stereocenters. The van der Waals surface area contributed by atoms with E-state index in [2.05, 4.69) is 26.1 Å². The van der Waals surface area contributed by atoms with Gasteiger partial charge in [-0.05, 0) is 38.2 Å². The highest BCUT2D eigenvalue weighted by molar-refractivity contribution is 5.75. The van der Waals surface area contributed by atoms with Gasteiger partial charge in [0.15, 0.2) is 0 Å². The molecular formula is C20H32N2O3. The number of likely N-dealkylation sites (tertiary alicyclic amines) is 1. The largest absolute Gasteiger partial charge is 0.496 e. The molecule has 0 saturated carbocycles. The number of hydrogen-bond donors (Lipinski definition) is 1. The molecule has 0 radical (unpaired) electrons. The van der Waals surface area contributed by atoms with Gasteiger partial charge >= 0.3 is 6.03 Å². The molecule has 0 bridgehead atoms. The normalized spacial score (nSPS) is 21.9. The number of rotatable bonds is 6. The van der Waals surface area contributed by atoms with Crippen LogP contribution >= 0.6 is 0 Å². The molecular weight excluding hydrogens is 316 g/mol. The molecule has 1 heterocycles. The SMILES string of the molecule is COc1ccccc1C(CC(C)C)NC(=O)N1CCC(OC)CC1C. The molecule has 2 amide bonds. The second kappa shape index (κ2) is 9.09. The van der Waals surface area contributed by atoms with E-state index in [0.717, 1.165) is 37.1 Å². The van der Waals surface area contributed by atoms with Gasteiger partial charge in [-0.2, -0.15) is 0 Å². The van der Waals surface area contributed by atoms with Crippen molar-refractivity contribution in [3.05, 3.63) is 29.8 Å². The maximum absolute atomic E-state index is 12.9. The molecule has 2 rings (SSSR count). The predicted octanol–water partition coefficient (Wildman–Crippen LogP) is 3.99. The summed E-state index contributed by atoms with van der Waals surface area (Å²) in [4.78, 5) is 14.8. The van der Waals surface area contributed by atoms with Crippen molar-refractivity contribution in [3.8, 4) is 5.75 Å². The van der Waals surface area contributed by atoms with Gasteiger partial charge in [-0.3, -0.25) is 0 Å². The maximum atomic E-state index is 12.9. The van der Waals surface area contributed by atoms with Crippen LogP contribution in [0.4, 0.5) is 4.79 Å². The zero-order chi connectivity index (χ0) is 18.4. The van der Waals surface area contributed by atoms with E-state index < -0.39 is 0 Å². The van der Waals surface area contributed by atoms with Crippen LogP contribution in [0.15, 0.2) is 24.3 Å². The van der Waals surface area contributed by atoms with Gasteiger partial charge in [0, 0.05) is 25.3 Å². The lowest BCUT2D eigenvalue weighted by Gasteiger charge is -2.38. The molecule has 5 nitrogen and oxygen atoms in total. The minimum atomic E-state index is -0.0593. The van der Waals surface area contributed by atoms with Crippen molar-refractivity contribution in [1.29, 1.82) is 0 Å². The second-order valence-electron chi connectivity index (χ2n) is 7.30. The molecule has 1 fully saturated rings. The van der Waals surface area contributed by atoms with Crippen LogP contribution in [0.1, 0.15) is 51.6 Å². The van der Waals surface area contributed by atoms with E-state index in [1.165, 1.54) is 0 Å². The van der Waals surface area contributed by atoms with Crippen molar-refractivity contribution >= 4 is 6.03 Å². The first-order valence-electron chi connectivity index (χ1n) is 9.19. The molecule has 25 heavy (non-hydrogen) atoms. The molecule has 140 valence electrons. The van der Waals surface area contributed by atoms with Gasteiger partial charge in [0.05, 0.1) is 19.3 Å². The van der Waals surface area contributed by atoms with Gasteiger partial charge in [0.25, 0.3) is 0 Å². The Hall–Kier alpha value is -1.75. The summed E-state index contributed by atoms with van der Waals surface area (Å²) in [5.74, 6) is 1.28. The van der Waals surface area contributed by atoms with Crippen molar-refractivity contribution in [2.75, 3.05) is 20.8 Å². The summed E-state index contributed by atoms with van der Waals surface area (Å²) in [6.45, 7) is 7.15. The van der Waals surface area contributed by atoms with E-state index in [4.69, 9.17) is 9.47 Å². The number of urea groups is 1. The third kappa shape index (κ3) is 5.11. The van der Waals surface area contributed by atoms with Crippen LogP contribution in [-0.4, -0.2) is 43.8 Å². The summed E-state index contributed by atoms with van der Waals surface area (Å²) in [6.07, 6.45) is 2.89. The van der Waals surface area contributed by atoms with Crippen molar-refractivity contribution in [1.82, 2.24) is 10.2 Å². The number of carbonyl (C=O) groups is 1. The first kappa shape index (κ1) is 19.6. The van der Waals surface area contributed by atoms with E-state index >= 15 is 0 Å². The quantitative estimate of drug-likeness (QED) is 0.845. The third-order valence-corrected chi connectivity index (χ3v) is 4.94. The Morgan fingerprint density at radius 2 is 2.04 bits per heavy atom. The number of benzene rings is 1. The number of nitrogens with zero attached hydrogens (tertiary/aromatic N) is 1. The minimum Gasteiger partial charge on any atom is -0.496 e. The summed E-state index contributed by atoms with van der Waals surface area (Å²) in [5, 5.41) is 3.24. The van der Waals surface area contributed by atoms with Gasteiger partial charge < -0.3 is 19.7 Å². The van der Waals surface area contributed by atoms with Gasteiger partial charge in [0.2, 0.25) is 0 Å². The summed E-state index contributed by atoms with van der Waals surface area (Å²) < 4.78 is 11.0. The molecule has 5 heteroatoms. The lowest BCUT2D eigenvalue weighted by atomic mass is 9.96. The van der Waals surface area contributed by atoms with Gasteiger partial charge in [-0.25, -0.2) is 4.79 Å². The van der Waals surface area contributed by atoms with E-state index in [0.29, 0.717) is 5.92 Å². The Bertz CT molecular complexity index is 562. The van der Waals surface area contributed by atoms with Crippen LogP contribution in [0.3, 0.4) is 0 Å². The Morgan fingerprint density at radius 1 is 1.32 bits per heavy atom. The van der Waals surface area contributed by atoms with Gasteiger partial charge in [-0.1, -0.05) is 32.0 Å². The summed E-state index contributed by atoms with van der Waals surface area (Å²) >= 11 is 0. The molecule has 1 aromatic carbocycles. The fourth-order valence-corrected chi connectivity index (χ4v) is 3.57. The molecule has 1 N–H and O–H groups in total. The molecule has 0 spiro atoms. The van der Waals surface area contributed by atoms with Crippen LogP contribution in [0, 0.1) is 5.92 Å². The average Bonchev–Trinajstić information content (AvgIpc) is 2.60. The van der Waals surface area contributed by atoms with Crippen LogP contribution in [0.5, 0.6) is 5.75 Å². The number of nitrogens with one attached hydrogen (secondary N) is 1. The molecule has 1 aliphatic rings. The predicted molar refractivity (Wildman–Crippen MR) is 99.9 cm³/mol. The smallest absolute Gasteiger partial charge is 0.318 e. The van der Waals surface area contributed by atoms with Crippen LogP contribution in [-0.2, 0) is 4.74 Å². The Balaban J connectivity index is 2.13. The third-order valence-electron chi connectivity index (χ3n) is 4.94. The van der Waals surface area contributed by atoms with Crippen LogP contribution < -0.4 is 10.1 Å². The van der Waals surface area contributed by atoms with Crippen molar-refractivity contribution < 1.29 is 14.3 Å². The number of ether oxygens (including phenoxy) is 2. The number of amides is 2. The second-order valence-corrected chi connectivity index (χ2v) is 7.30. The van der Waals surface area contributed by atoms with E-state index in [-0.39, 0.29) is 24.2 Å². The summed E-state index contributed by atoms with van der Waals surface area (Å²) in [6, 6.07) is 8.04. The Kier molecular flexibility index (Phi) is 7.12. The lowest BCUT2D eigenvalue weighted by molar-refractivity contribution is 0.0288. The van der Waals surface area contributed by atoms with Gasteiger partial charge in [-0.15, -0.1) is 0 Å². The molecule has 3 atom stereocenters. The highest BCUT2D eigenvalue weighted by Gasteiger charge is 2.30. The summed E-state index contributed by atoms with van der Waals surface area (Å²) in [5.41, 5.74) is 1.03. The average molecular weight is 348 g/mol. The van der Waals surface area contributed by atoms with E-state index in [9.17, 15) is 4.79 Å². The van der Waals surface area contributed by atoms with Crippen molar-refractivity contribution in [2.24, 2.45) is 5.92 Å². The monoisotopic (exact) mass is 348 g/mol. The molecule has 0 aliphatic carbocycles. The van der Waals surface area contributed by atoms with Crippen molar-refractivity contribution in [2.45, 2.75) is 58.2 Å². The zero-order valence-corrected chi connectivity index (χ0v) is 16.1. The fraction of sp³-hybridized carbons (Fsp3) is 0.650. The number of para-hydroxylation sites is 1. The Labute approximate surface area is 151 Å². The number of hydrogen-bond acceptors (Lipinski definition) is 3. The zero-order valence-electron chi connectivity index (χ0n) is 16.1. The standard InChI is InChI=1S/C20H32N2O3/c1-14(2)12-18(17-8-6-7-9-19(17)25-5)21-20(23)22-11-10-16(24-4)13-15(22)3/h6-9,14-16,18H,10-13H2,1-5H3,(H,21,23). The Morgan fingerprint density at radius 3 is 2.64 bits per heavy atom. The topological polar surface area (TPSA) is 50.8 Å². The molecule has 0 aromatic heterocycles. The molecule has 1 aromatic rings. The maximum Gasteiger partial charge on any atom is 0.318 e. The van der Waals surface area contributed by atoms with E-state index in [1.54, 1.807) is 14.2 Å². The van der Waals surface area contributed by atoms with Crippen LogP contribution in [0.25, 0.3) is 0 Å². The summed E-state index contributed by atoms with van der Waals surface area (Å²) in [7, 11) is 3.41. The molecule has 1 aliphatic heterocycles. The highest BCUT2D eigenvalue weighted by Crippen LogP contribution is 2.30. The van der Waals surface area contributed by atoms with Gasteiger partial charge in [0.1, 0.15) is 5.75 Å². The fourth-order valence-electron chi connectivity index (χ4n) is 3.57. The number of methoxy groups -OCH3 is 2. The first-order valence-corrected chi connectivity index (χ1v) is 9.19. The minimum absolute atomic E-state index is 0.00129. The van der Waals surface area contributed by atoms with E-state index in [1.807, 2.05) is 29.2 Å². The number of carbonyl (C=O) groups excluding carboxylic acids is 1. The first-order chi connectivity index (χ1) is 12.0. The van der Waals surface area contributed by atoms with Crippen LogP contribution in [0.2, 0.25) is 0 Å². The lowest BCUT2D eigenvalue weighted by Crippen LogP contribution is -2.51. The highest BCUT2D eigenvalue weighted by atomic mass is 16.5. The number of piperidine rings is 1.